The molecule has 0 aliphatic carbocycles. The van der Waals surface area contributed by atoms with Crippen LogP contribution in [0.3, 0.4) is 0 Å². The number of hydrogen-bond acceptors (Lipinski definition) is 7. The minimum absolute atomic E-state index is 0.151. The smallest absolute Gasteiger partial charge is 0.227 e. The molecule has 1 spiro atoms. The highest BCUT2D eigenvalue weighted by atomic mass is 32.2. The molecule has 3 saturated heterocycles. The maximum atomic E-state index is 12.0. The summed E-state index contributed by atoms with van der Waals surface area (Å²) in [4.78, 5) is 10.8. The number of nitrogens with two attached hydrogens (primary N) is 1. The lowest BCUT2D eigenvalue weighted by Crippen LogP contribution is -2.42. The number of nitrogens with one attached hydrogen (secondary N) is 1. The third kappa shape index (κ3) is 2.98. The van der Waals surface area contributed by atoms with Gasteiger partial charge in [-0.25, -0.2) is 18.1 Å². The summed E-state index contributed by atoms with van der Waals surface area (Å²) in [6.45, 7) is 3.84. The van der Waals surface area contributed by atoms with E-state index in [1.165, 1.54) is 0 Å². The predicted octanol–water partition coefficient (Wildman–Crippen LogP) is 0.372. The van der Waals surface area contributed by atoms with E-state index in [0.29, 0.717) is 30.6 Å². The van der Waals surface area contributed by atoms with Crippen molar-refractivity contribution in [3.63, 3.8) is 0 Å². The van der Waals surface area contributed by atoms with Crippen molar-refractivity contribution in [2.24, 2.45) is 11.8 Å². The summed E-state index contributed by atoms with van der Waals surface area (Å²) in [6.07, 6.45) is 4.44. The molecule has 9 heteroatoms. The monoisotopic (exact) mass is 367 g/mol. The van der Waals surface area contributed by atoms with Crippen molar-refractivity contribution in [1.82, 2.24) is 14.7 Å². The minimum atomic E-state index is -3.20. The van der Waals surface area contributed by atoms with Gasteiger partial charge in [0.15, 0.2) is 0 Å². The molecule has 4 atom stereocenters. The van der Waals surface area contributed by atoms with E-state index >= 15 is 0 Å². The molecule has 2 bridgehead atoms. The maximum absolute atomic E-state index is 12.0. The van der Waals surface area contributed by atoms with Gasteiger partial charge in [0.05, 0.1) is 24.0 Å². The van der Waals surface area contributed by atoms with Crippen LogP contribution in [-0.4, -0.2) is 55.5 Å². The Bertz CT molecular complexity index is 758. The van der Waals surface area contributed by atoms with Gasteiger partial charge >= 0.3 is 0 Å². The molecule has 3 N–H and O–H groups in total. The number of nitrogens with zero attached hydrogens (tertiary/aromatic N) is 3. The number of hydrogen-bond donors (Lipinski definition) is 2. The van der Waals surface area contributed by atoms with Crippen LogP contribution in [-0.2, 0) is 14.8 Å². The number of nitrogen functional groups attached to an aromatic ring is 1. The van der Waals surface area contributed by atoms with Gasteiger partial charge in [0.25, 0.3) is 0 Å². The molecule has 138 valence electrons. The largest absolute Gasteiger partial charge is 0.384 e. The number of rotatable bonds is 6. The van der Waals surface area contributed by atoms with E-state index < -0.39 is 10.0 Å². The van der Waals surface area contributed by atoms with Crippen molar-refractivity contribution in [2.45, 2.75) is 37.9 Å². The van der Waals surface area contributed by atoms with Gasteiger partial charge in [-0.1, -0.05) is 6.92 Å². The zero-order valence-electron chi connectivity index (χ0n) is 14.4. The lowest BCUT2D eigenvalue weighted by Gasteiger charge is -2.29. The van der Waals surface area contributed by atoms with Crippen LogP contribution in [0.25, 0.3) is 0 Å². The summed E-state index contributed by atoms with van der Waals surface area (Å²) >= 11 is 0. The van der Waals surface area contributed by atoms with E-state index in [1.54, 1.807) is 12.3 Å². The first-order valence-corrected chi connectivity index (χ1v) is 10.6. The van der Waals surface area contributed by atoms with Gasteiger partial charge < -0.3 is 15.4 Å². The van der Waals surface area contributed by atoms with Crippen molar-refractivity contribution in [3.05, 3.63) is 12.3 Å². The summed E-state index contributed by atoms with van der Waals surface area (Å²) in [5.41, 5.74) is 5.59. The minimum Gasteiger partial charge on any atom is -0.384 e. The Kier molecular flexibility index (Phi) is 4.12. The Balaban J connectivity index is 1.49. The second kappa shape index (κ2) is 6.07. The second-order valence-corrected chi connectivity index (χ2v) is 9.29. The van der Waals surface area contributed by atoms with Crippen molar-refractivity contribution >= 4 is 21.8 Å². The van der Waals surface area contributed by atoms with E-state index in [4.69, 9.17) is 10.5 Å². The molecule has 8 nitrogen and oxygen atoms in total. The molecule has 4 heterocycles. The first-order valence-electron chi connectivity index (χ1n) is 8.91. The first kappa shape index (κ1) is 17.0. The molecule has 3 aliphatic heterocycles. The van der Waals surface area contributed by atoms with Crippen LogP contribution in [0.15, 0.2) is 12.3 Å². The molecule has 0 unspecified atom stereocenters. The Morgan fingerprint density at radius 3 is 3.12 bits per heavy atom. The topological polar surface area (TPSA) is 110 Å². The Hall–Kier alpha value is -1.45. The van der Waals surface area contributed by atoms with Crippen LogP contribution in [0.2, 0.25) is 0 Å². The number of anilines is 2. The normalized spacial score (nSPS) is 33.8. The number of aromatic nitrogens is 2. The second-order valence-electron chi connectivity index (χ2n) is 7.36. The first-order chi connectivity index (χ1) is 11.9. The fourth-order valence-corrected chi connectivity index (χ4v) is 5.82. The third-order valence-electron chi connectivity index (χ3n) is 5.74. The van der Waals surface area contributed by atoms with Crippen LogP contribution >= 0.6 is 0 Å². The molecule has 3 aliphatic rings. The highest BCUT2D eigenvalue weighted by molar-refractivity contribution is 7.89. The van der Waals surface area contributed by atoms with E-state index in [1.807, 2.05) is 6.92 Å². The summed E-state index contributed by atoms with van der Waals surface area (Å²) in [7, 11) is -3.20. The van der Waals surface area contributed by atoms with Crippen LogP contribution in [0, 0.1) is 11.8 Å². The Labute approximate surface area is 148 Å². The van der Waals surface area contributed by atoms with Gasteiger partial charge in [-0.05, 0) is 25.3 Å². The Morgan fingerprint density at radius 1 is 1.52 bits per heavy atom. The van der Waals surface area contributed by atoms with Gasteiger partial charge in [-0.3, -0.25) is 0 Å². The summed E-state index contributed by atoms with van der Waals surface area (Å²) < 4.78 is 33.1. The molecule has 25 heavy (non-hydrogen) atoms. The summed E-state index contributed by atoms with van der Waals surface area (Å²) in [6, 6.07) is 1.67. The molecule has 0 saturated carbocycles. The average Bonchev–Trinajstić information content (AvgIpc) is 3.21. The molecular weight excluding hydrogens is 342 g/mol. The van der Waals surface area contributed by atoms with E-state index in [0.717, 1.165) is 25.9 Å². The lowest BCUT2D eigenvalue weighted by molar-refractivity contribution is 0.0141. The van der Waals surface area contributed by atoms with Crippen molar-refractivity contribution in [3.8, 4) is 0 Å². The van der Waals surface area contributed by atoms with E-state index in [9.17, 15) is 8.42 Å². The molecule has 0 radical (unpaired) electrons. The SMILES string of the molecule is CCCS(=O)(=O)NC[C@H]1[C@H]2CN(c3nccc(N)n3)C[C@]23CC[C@H]1O3. The van der Waals surface area contributed by atoms with E-state index in [2.05, 4.69) is 19.6 Å². The van der Waals surface area contributed by atoms with E-state index in [-0.39, 0.29) is 23.4 Å². The van der Waals surface area contributed by atoms with Gasteiger partial charge in [-0.15, -0.1) is 0 Å². The lowest BCUT2D eigenvalue weighted by atomic mass is 9.74. The molecule has 1 aromatic heterocycles. The van der Waals surface area contributed by atoms with Crippen LogP contribution < -0.4 is 15.4 Å². The average molecular weight is 367 g/mol. The zero-order valence-corrected chi connectivity index (χ0v) is 15.2. The Morgan fingerprint density at radius 2 is 2.36 bits per heavy atom. The standard InChI is InChI=1S/C16H25N5O3S/c1-2-7-25(22,23)19-8-11-12-9-21(15-18-6-4-14(17)20-15)10-16(12)5-3-13(11)24-16/h4,6,11-13,19H,2-3,5,7-10H2,1H3,(H2,17,18,20)/t11-,12+,13+,16+/m0/s1. The molecule has 1 aromatic rings. The quantitative estimate of drug-likeness (QED) is 0.747. The van der Waals surface area contributed by atoms with Gasteiger partial charge in [0.1, 0.15) is 5.82 Å². The number of sulfonamides is 1. The fourth-order valence-electron chi connectivity index (χ4n) is 4.69. The van der Waals surface area contributed by atoms with Crippen LogP contribution in [0.1, 0.15) is 26.2 Å². The van der Waals surface area contributed by atoms with Crippen molar-refractivity contribution in [2.75, 3.05) is 36.0 Å². The van der Waals surface area contributed by atoms with Gasteiger partial charge in [0, 0.05) is 31.1 Å². The highest BCUT2D eigenvalue weighted by Crippen LogP contribution is 2.54. The zero-order chi connectivity index (χ0) is 17.7. The molecule has 0 aromatic carbocycles. The van der Waals surface area contributed by atoms with Crippen LogP contribution in [0.5, 0.6) is 0 Å². The third-order valence-corrected chi connectivity index (χ3v) is 7.30. The van der Waals surface area contributed by atoms with Gasteiger partial charge in [-0.2, -0.15) is 4.98 Å². The fraction of sp³-hybridized carbons (Fsp3) is 0.750. The number of fused-ring (bicyclic) bond motifs is 1. The molecule has 4 rings (SSSR count). The molecule has 3 fully saturated rings. The summed E-state index contributed by atoms with van der Waals surface area (Å²) in [5, 5.41) is 0. The molecular formula is C16H25N5O3S. The van der Waals surface area contributed by atoms with Crippen molar-refractivity contribution in [1.29, 1.82) is 0 Å². The highest BCUT2D eigenvalue weighted by Gasteiger charge is 2.63. The number of ether oxygens (including phenoxy) is 1. The maximum Gasteiger partial charge on any atom is 0.227 e. The van der Waals surface area contributed by atoms with Crippen LogP contribution in [0.4, 0.5) is 11.8 Å². The molecule has 0 amide bonds. The van der Waals surface area contributed by atoms with Gasteiger partial charge in [0.2, 0.25) is 16.0 Å². The summed E-state index contributed by atoms with van der Waals surface area (Å²) in [5.74, 6) is 1.74. The van der Waals surface area contributed by atoms with Crippen molar-refractivity contribution < 1.29 is 13.2 Å². The predicted molar refractivity (Wildman–Crippen MR) is 94.6 cm³/mol.